The molecule has 7 heteroatoms. The van der Waals surface area contributed by atoms with Crippen molar-refractivity contribution in [2.24, 2.45) is 5.92 Å². The predicted octanol–water partition coefficient (Wildman–Crippen LogP) is 4.78. The first-order chi connectivity index (χ1) is 14.7. The number of nitrogens with one attached hydrogen (secondary N) is 3. The third kappa shape index (κ3) is 5.56. The number of benzene rings is 1. The van der Waals surface area contributed by atoms with Crippen molar-refractivity contribution in [1.82, 2.24) is 15.6 Å². The van der Waals surface area contributed by atoms with Gasteiger partial charge in [0, 0.05) is 35.2 Å². The Kier molecular flexibility index (Phi) is 6.94. The molecule has 0 aliphatic carbocycles. The van der Waals surface area contributed by atoms with Crippen LogP contribution in [0.25, 0.3) is 10.1 Å². The highest BCUT2D eigenvalue weighted by atomic mass is 32.1. The van der Waals surface area contributed by atoms with Gasteiger partial charge in [-0.2, -0.15) is 0 Å². The van der Waals surface area contributed by atoms with E-state index in [2.05, 4.69) is 27.9 Å². The Balaban J connectivity index is 1.32. The summed E-state index contributed by atoms with van der Waals surface area (Å²) in [5.74, 6) is 1.30. The highest BCUT2D eigenvalue weighted by Crippen LogP contribution is 2.29. The number of ether oxygens (including phenoxy) is 1. The molecule has 1 saturated heterocycles. The Morgan fingerprint density at radius 1 is 1.30 bits per heavy atom. The van der Waals surface area contributed by atoms with E-state index in [0.29, 0.717) is 18.3 Å². The van der Waals surface area contributed by atoms with Crippen LogP contribution < -0.4 is 20.7 Å². The topological polar surface area (TPSA) is 75.3 Å². The monoisotopic (exact) mass is 424 g/mol. The van der Waals surface area contributed by atoms with E-state index < -0.39 is 6.09 Å². The molecular weight excluding hydrogens is 396 g/mol. The van der Waals surface area contributed by atoms with Gasteiger partial charge in [-0.15, -0.1) is 11.3 Å². The molecule has 1 atom stereocenters. The van der Waals surface area contributed by atoms with Crippen molar-refractivity contribution in [3.8, 4) is 5.75 Å². The highest BCUT2D eigenvalue weighted by Gasteiger charge is 2.17. The zero-order chi connectivity index (χ0) is 20.8. The van der Waals surface area contributed by atoms with Crippen LogP contribution in [0.15, 0.2) is 48.8 Å². The fourth-order valence-corrected chi connectivity index (χ4v) is 4.85. The molecule has 2 aromatic heterocycles. The first-order valence-electron chi connectivity index (χ1n) is 10.5. The van der Waals surface area contributed by atoms with E-state index in [4.69, 9.17) is 4.74 Å². The maximum Gasteiger partial charge on any atom is 0.417 e. The minimum atomic E-state index is -0.489. The number of piperidine rings is 1. The van der Waals surface area contributed by atoms with Gasteiger partial charge < -0.3 is 15.4 Å². The summed E-state index contributed by atoms with van der Waals surface area (Å²) >= 11 is 1.53. The van der Waals surface area contributed by atoms with Crippen LogP contribution in [0.1, 0.15) is 31.7 Å². The minimum Gasteiger partial charge on any atom is -0.410 e. The summed E-state index contributed by atoms with van der Waals surface area (Å²) in [6, 6.07) is 12.1. The van der Waals surface area contributed by atoms with Crippen molar-refractivity contribution in [1.29, 1.82) is 0 Å². The molecule has 0 radical (unpaired) electrons. The molecule has 158 valence electrons. The van der Waals surface area contributed by atoms with Crippen LogP contribution in [-0.4, -0.2) is 30.2 Å². The molecule has 1 amide bonds. The average Bonchev–Trinajstić information content (AvgIpc) is 3.16. The van der Waals surface area contributed by atoms with Crippen LogP contribution >= 0.6 is 11.3 Å². The third-order valence-electron chi connectivity index (χ3n) is 5.50. The zero-order valence-corrected chi connectivity index (χ0v) is 18.0. The molecule has 0 spiro atoms. The van der Waals surface area contributed by atoms with Gasteiger partial charge in [-0.05, 0) is 68.8 Å². The van der Waals surface area contributed by atoms with Gasteiger partial charge in [0.1, 0.15) is 5.75 Å². The standard InChI is InChI=1S/C23H28N4O2S/c1-16(12-17-6-9-24-10-7-17)26-15-19-14-25-11-8-20(19)29-23(28)27-22-13-18-4-2-3-5-21(18)30-22/h2-5,8,11,13-14,16-17,24,26H,6-7,9-10,12,15H2,1H3,(H,27,28). The molecule has 1 fully saturated rings. The molecule has 0 bridgehead atoms. The van der Waals surface area contributed by atoms with Gasteiger partial charge in [-0.25, -0.2) is 4.79 Å². The molecule has 3 N–H and O–H groups in total. The molecule has 3 aromatic rings. The first-order valence-corrected chi connectivity index (χ1v) is 11.3. The SMILES string of the molecule is CC(CC1CCNCC1)NCc1cnccc1OC(=O)Nc1cc2ccccc2s1. The van der Waals surface area contributed by atoms with Crippen LogP contribution in [0.3, 0.4) is 0 Å². The Bertz CT molecular complexity index is 951. The first kappa shape index (κ1) is 20.8. The smallest absolute Gasteiger partial charge is 0.410 e. The number of aromatic nitrogens is 1. The lowest BCUT2D eigenvalue weighted by atomic mass is 9.91. The molecule has 1 aliphatic rings. The molecule has 1 unspecified atom stereocenters. The van der Waals surface area contributed by atoms with Gasteiger partial charge in [0.15, 0.2) is 0 Å². The van der Waals surface area contributed by atoms with Crippen molar-refractivity contribution < 1.29 is 9.53 Å². The van der Waals surface area contributed by atoms with Crippen LogP contribution in [0.4, 0.5) is 9.80 Å². The second kappa shape index (κ2) is 10.0. The summed E-state index contributed by atoms with van der Waals surface area (Å²) < 4.78 is 6.73. The number of hydrogen-bond donors (Lipinski definition) is 3. The average molecular weight is 425 g/mol. The Labute approximate surface area is 181 Å². The van der Waals surface area contributed by atoms with Gasteiger partial charge in [0.25, 0.3) is 0 Å². The number of nitrogens with zero attached hydrogens (tertiary/aromatic N) is 1. The third-order valence-corrected chi connectivity index (χ3v) is 6.53. The molecule has 30 heavy (non-hydrogen) atoms. The molecule has 4 rings (SSSR count). The summed E-state index contributed by atoms with van der Waals surface area (Å²) in [6.07, 6.45) is 6.55. The van der Waals surface area contributed by atoms with E-state index >= 15 is 0 Å². The number of fused-ring (bicyclic) bond motifs is 1. The fourth-order valence-electron chi connectivity index (χ4n) is 3.90. The van der Waals surface area contributed by atoms with Crippen LogP contribution in [-0.2, 0) is 6.54 Å². The minimum absolute atomic E-state index is 0.397. The maximum atomic E-state index is 12.4. The molecule has 3 heterocycles. The van der Waals surface area contributed by atoms with E-state index in [1.165, 1.54) is 24.2 Å². The van der Waals surface area contributed by atoms with Crippen LogP contribution in [0, 0.1) is 5.92 Å². The second-order valence-electron chi connectivity index (χ2n) is 7.86. The molecule has 0 saturated carbocycles. The number of rotatable bonds is 7. The Morgan fingerprint density at radius 2 is 2.13 bits per heavy atom. The Morgan fingerprint density at radius 3 is 2.97 bits per heavy atom. The lowest BCUT2D eigenvalue weighted by Gasteiger charge is -2.26. The largest absolute Gasteiger partial charge is 0.417 e. The van der Waals surface area contributed by atoms with Gasteiger partial charge >= 0.3 is 6.09 Å². The lowest BCUT2D eigenvalue weighted by Crippen LogP contribution is -2.33. The van der Waals surface area contributed by atoms with Crippen molar-refractivity contribution >= 4 is 32.5 Å². The molecular formula is C23H28N4O2S. The van der Waals surface area contributed by atoms with Crippen molar-refractivity contribution in [2.45, 2.75) is 38.8 Å². The van der Waals surface area contributed by atoms with Crippen LogP contribution in [0.5, 0.6) is 5.75 Å². The summed E-state index contributed by atoms with van der Waals surface area (Å²) in [5, 5.41) is 11.7. The van der Waals surface area contributed by atoms with Gasteiger partial charge in [-0.3, -0.25) is 10.3 Å². The lowest BCUT2D eigenvalue weighted by molar-refractivity contribution is 0.214. The summed E-state index contributed by atoms with van der Waals surface area (Å²) in [7, 11) is 0. The second-order valence-corrected chi connectivity index (χ2v) is 8.94. The van der Waals surface area contributed by atoms with Crippen molar-refractivity contribution in [3.05, 3.63) is 54.4 Å². The quantitative estimate of drug-likeness (QED) is 0.509. The number of carbonyl (C=O) groups is 1. The number of pyridine rings is 1. The zero-order valence-electron chi connectivity index (χ0n) is 17.2. The summed E-state index contributed by atoms with van der Waals surface area (Å²) in [4.78, 5) is 16.6. The fraction of sp³-hybridized carbons (Fsp3) is 0.391. The van der Waals surface area contributed by atoms with E-state index in [1.54, 1.807) is 18.5 Å². The van der Waals surface area contributed by atoms with Crippen molar-refractivity contribution in [2.75, 3.05) is 18.4 Å². The van der Waals surface area contributed by atoms with E-state index in [1.807, 2.05) is 30.3 Å². The van der Waals surface area contributed by atoms with Crippen molar-refractivity contribution in [3.63, 3.8) is 0 Å². The number of anilines is 1. The number of hydrogen-bond acceptors (Lipinski definition) is 6. The predicted molar refractivity (Wildman–Crippen MR) is 122 cm³/mol. The molecule has 1 aliphatic heterocycles. The number of thiophene rings is 1. The van der Waals surface area contributed by atoms with Crippen LogP contribution in [0.2, 0.25) is 0 Å². The van der Waals surface area contributed by atoms with E-state index in [0.717, 1.165) is 46.1 Å². The molecule has 1 aromatic carbocycles. The molecule has 6 nitrogen and oxygen atoms in total. The van der Waals surface area contributed by atoms with E-state index in [-0.39, 0.29) is 0 Å². The number of amides is 1. The summed E-state index contributed by atoms with van der Waals surface area (Å²) in [5.41, 5.74) is 0.876. The number of carbonyl (C=O) groups excluding carboxylic acids is 1. The van der Waals surface area contributed by atoms with E-state index in [9.17, 15) is 4.79 Å². The van der Waals surface area contributed by atoms with Gasteiger partial charge in [0.2, 0.25) is 0 Å². The van der Waals surface area contributed by atoms with Gasteiger partial charge in [0.05, 0.1) is 5.00 Å². The normalized spacial score (nSPS) is 15.8. The van der Waals surface area contributed by atoms with Gasteiger partial charge in [-0.1, -0.05) is 18.2 Å². The summed E-state index contributed by atoms with van der Waals surface area (Å²) in [6.45, 7) is 5.07. The highest BCUT2D eigenvalue weighted by molar-refractivity contribution is 7.22. The maximum absolute atomic E-state index is 12.4. The Hall–Kier alpha value is -2.48.